The lowest BCUT2D eigenvalue weighted by molar-refractivity contribution is -0.123. The molecule has 0 bridgehead atoms. The van der Waals surface area contributed by atoms with E-state index in [1.165, 1.54) is 12.1 Å². The number of hydrogen-bond donors (Lipinski definition) is 3. The van der Waals surface area contributed by atoms with Crippen molar-refractivity contribution in [3.63, 3.8) is 0 Å². The lowest BCUT2D eigenvalue weighted by Gasteiger charge is -2.14. The molecule has 4 N–H and O–H groups in total. The number of rotatable bonds is 6. The Bertz CT molecular complexity index is 545. The molecule has 6 nitrogen and oxygen atoms in total. The Morgan fingerprint density at radius 3 is 2.64 bits per heavy atom. The van der Waals surface area contributed by atoms with Crippen LogP contribution in [0.3, 0.4) is 0 Å². The minimum absolute atomic E-state index is 0.0708. The minimum atomic E-state index is -0.518. The van der Waals surface area contributed by atoms with Gasteiger partial charge >= 0.3 is 0 Å². The summed E-state index contributed by atoms with van der Waals surface area (Å²) in [6.07, 6.45) is 4.17. The van der Waals surface area contributed by atoms with Gasteiger partial charge < -0.3 is 21.1 Å². The maximum absolute atomic E-state index is 14.0. The Morgan fingerprint density at radius 2 is 2.00 bits per heavy atom. The van der Waals surface area contributed by atoms with Crippen LogP contribution in [0.2, 0.25) is 0 Å². The molecule has 1 saturated carbocycles. The van der Waals surface area contributed by atoms with Gasteiger partial charge in [-0.3, -0.25) is 9.59 Å². The standard InChI is InChI=1S/C15H20FN3O3/c16-12-7-10(19-15(21)9-18-14(20)8-17)5-6-13(12)22-11-3-1-2-4-11/h5-7,11H,1-4,8-9,17H2,(H,18,20)(H,19,21). The molecule has 1 fully saturated rings. The number of anilines is 1. The van der Waals surface area contributed by atoms with E-state index in [0.717, 1.165) is 25.7 Å². The van der Waals surface area contributed by atoms with Crippen molar-refractivity contribution in [3.8, 4) is 5.75 Å². The fourth-order valence-corrected chi connectivity index (χ4v) is 2.32. The number of carbonyl (C=O) groups is 2. The van der Waals surface area contributed by atoms with Gasteiger partial charge in [-0.25, -0.2) is 4.39 Å². The minimum Gasteiger partial charge on any atom is -0.487 e. The molecule has 1 aliphatic rings. The summed E-state index contributed by atoms with van der Waals surface area (Å²) in [6, 6.07) is 4.27. The van der Waals surface area contributed by atoms with Gasteiger partial charge in [0.25, 0.3) is 0 Å². The van der Waals surface area contributed by atoms with E-state index in [1.54, 1.807) is 6.07 Å². The van der Waals surface area contributed by atoms with Crippen molar-refractivity contribution >= 4 is 17.5 Å². The average molecular weight is 309 g/mol. The van der Waals surface area contributed by atoms with Crippen LogP contribution in [0.1, 0.15) is 25.7 Å². The molecule has 0 radical (unpaired) electrons. The van der Waals surface area contributed by atoms with Crippen LogP contribution in [-0.4, -0.2) is 31.0 Å². The molecule has 120 valence electrons. The van der Waals surface area contributed by atoms with Crippen LogP contribution in [0.15, 0.2) is 18.2 Å². The molecule has 1 aliphatic carbocycles. The highest BCUT2D eigenvalue weighted by atomic mass is 19.1. The van der Waals surface area contributed by atoms with E-state index in [4.69, 9.17) is 10.5 Å². The Labute approximate surface area is 128 Å². The summed E-state index contributed by atoms with van der Waals surface area (Å²) in [5.74, 6) is -1.20. The average Bonchev–Trinajstić information content (AvgIpc) is 3.00. The van der Waals surface area contributed by atoms with Crippen LogP contribution < -0.4 is 21.1 Å². The SMILES string of the molecule is NCC(=O)NCC(=O)Nc1ccc(OC2CCCC2)c(F)c1. The van der Waals surface area contributed by atoms with Gasteiger partial charge in [-0.05, 0) is 37.8 Å². The van der Waals surface area contributed by atoms with Crippen molar-refractivity contribution in [2.45, 2.75) is 31.8 Å². The van der Waals surface area contributed by atoms with Gasteiger partial charge in [-0.15, -0.1) is 0 Å². The van der Waals surface area contributed by atoms with Crippen molar-refractivity contribution in [2.24, 2.45) is 5.73 Å². The normalized spacial score (nSPS) is 14.6. The highest BCUT2D eigenvalue weighted by molar-refractivity contribution is 5.94. The molecule has 0 aliphatic heterocycles. The van der Waals surface area contributed by atoms with E-state index >= 15 is 0 Å². The number of hydrogen-bond acceptors (Lipinski definition) is 4. The molecule has 0 aromatic heterocycles. The van der Waals surface area contributed by atoms with Crippen molar-refractivity contribution in [2.75, 3.05) is 18.4 Å². The topological polar surface area (TPSA) is 93.5 Å². The third kappa shape index (κ3) is 4.70. The fourth-order valence-electron chi connectivity index (χ4n) is 2.32. The van der Waals surface area contributed by atoms with Gasteiger partial charge in [0.15, 0.2) is 11.6 Å². The zero-order valence-electron chi connectivity index (χ0n) is 12.2. The lowest BCUT2D eigenvalue weighted by Crippen LogP contribution is -2.36. The third-order valence-corrected chi connectivity index (χ3v) is 3.44. The summed E-state index contributed by atoms with van der Waals surface area (Å²) in [4.78, 5) is 22.5. The molecule has 0 saturated heterocycles. The zero-order chi connectivity index (χ0) is 15.9. The Hall–Kier alpha value is -2.15. The van der Waals surface area contributed by atoms with Gasteiger partial charge in [-0.2, -0.15) is 0 Å². The Kier molecular flexibility index (Phi) is 5.71. The number of ether oxygens (including phenoxy) is 1. The summed E-state index contributed by atoms with van der Waals surface area (Å²) >= 11 is 0. The molecule has 0 unspecified atom stereocenters. The number of carbonyl (C=O) groups excluding carboxylic acids is 2. The second-order valence-electron chi connectivity index (χ2n) is 5.20. The number of nitrogens with two attached hydrogens (primary N) is 1. The zero-order valence-corrected chi connectivity index (χ0v) is 12.2. The first-order valence-electron chi connectivity index (χ1n) is 7.31. The monoisotopic (exact) mass is 309 g/mol. The van der Waals surface area contributed by atoms with Crippen molar-refractivity contribution in [3.05, 3.63) is 24.0 Å². The number of nitrogens with one attached hydrogen (secondary N) is 2. The van der Waals surface area contributed by atoms with E-state index in [1.807, 2.05) is 0 Å². The van der Waals surface area contributed by atoms with Gasteiger partial charge in [-0.1, -0.05) is 0 Å². The molecule has 22 heavy (non-hydrogen) atoms. The van der Waals surface area contributed by atoms with Crippen molar-refractivity contribution in [1.82, 2.24) is 5.32 Å². The summed E-state index contributed by atoms with van der Waals surface area (Å²) < 4.78 is 19.6. The highest BCUT2D eigenvalue weighted by Gasteiger charge is 2.18. The first-order chi connectivity index (χ1) is 10.6. The molecule has 2 rings (SSSR count). The van der Waals surface area contributed by atoms with E-state index in [9.17, 15) is 14.0 Å². The smallest absolute Gasteiger partial charge is 0.243 e. The second kappa shape index (κ2) is 7.74. The maximum atomic E-state index is 14.0. The highest BCUT2D eigenvalue weighted by Crippen LogP contribution is 2.27. The molecule has 1 aromatic carbocycles. The maximum Gasteiger partial charge on any atom is 0.243 e. The molecule has 7 heteroatoms. The fraction of sp³-hybridized carbons (Fsp3) is 0.467. The molecule has 0 heterocycles. The molecule has 0 spiro atoms. The third-order valence-electron chi connectivity index (χ3n) is 3.44. The number of halogens is 1. The summed E-state index contributed by atoms with van der Waals surface area (Å²) in [5.41, 5.74) is 5.42. The van der Waals surface area contributed by atoms with Crippen molar-refractivity contribution < 1.29 is 18.7 Å². The van der Waals surface area contributed by atoms with E-state index in [-0.39, 0.29) is 24.9 Å². The van der Waals surface area contributed by atoms with Gasteiger partial charge in [0.2, 0.25) is 11.8 Å². The van der Waals surface area contributed by atoms with Crippen LogP contribution in [0.25, 0.3) is 0 Å². The molecular weight excluding hydrogens is 289 g/mol. The quantitative estimate of drug-likeness (QED) is 0.735. The second-order valence-corrected chi connectivity index (χ2v) is 5.20. The van der Waals surface area contributed by atoms with Crippen LogP contribution in [0.4, 0.5) is 10.1 Å². The predicted molar refractivity (Wildman–Crippen MR) is 80.0 cm³/mol. The predicted octanol–water partition coefficient (Wildman–Crippen LogP) is 1.16. The van der Waals surface area contributed by atoms with Gasteiger partial charge in [0, 0.05) is 11.8 Å². The lowest BCUT2D eigenvalue weighted by atomic mass is 10.2. The van der Waals surface area contributed by atoms with Crippen LogP contribution >= 0.6 is 0 Å². The Morgan fingerprint density at radius 1 is 1.27 bits per heavy atom. The Balaban J connectivity index is 1.88. The summed E-state index contributed by atoms with van der Waals surface area (Å²) in [7, 11) is 0. The molecule has 0 atom stereocenters. The van der Waals surface area contributed by atoms with Crippen LogP contribution in [-0.2, 0) is 9.59 Å². The molecular formula is C15H20FN3O3. The number of amides is 2. The number of benzene rings is 1. The largest absolute Gasteiger partial charge is 0.487 e. The van der Waals surface area contributed by atoms with Crippen LogP contribution in [0.5, 0.6) is 5.75 Å². The molecule has 1 aromatic rings. The summed E-state index contributed by atoms with van der Waals surface area (Å²) in [5, 5.41) is 4.83. The van der Waals surface area contributed by atoms with Gasteiger partial charge in [0.05, 0.1) is 19.2 Å². The van der Waals surface area contributed by atoms with E-state index in [0.29, 0.717) is 5.69 Å². The van der Waals surface area contributed by atoms with E-state index in [2.05, 4.69) is 10.6 Å². The van der Waals surface area contributed by atoms with E-state index < -0.39 is 17.6 Å². The first-order valence-corrected chi connectivity index (χ1v) is 7.31. The van der Waals surface area contributed by atoms with Gasteiger partial charge in [0.1, 0.15) is 0 Å². The first kappa shape index (κ1) is 16.2. The van der Waals surface area contributed by atoms with Crippen LogP contribution in [0, 0.1) is 5.82 Å². The summed E-state index contributed by atoms with van der Waals surface area (Å²) in [6.45, 7) is -0.396. The van der Waals surface area contributed by atoms with Crippen molar-refractivity contribution in [1.29, 1.82) is 0 Å². The molecule has 2 amide bonds.